The summed E-state index contributed by atoms with van der Waals surface area (Å²) in [6.07, 6.45) is -0.371. The molecule has 1 rings (SSSR count). The summed E-state index contributed by atoms with van der Waals surface area (Å²) in [5.74, 6) is -0.953. The zero-order valence-corrected chi connectivity index (χ0v) is 7.26. The molecule has 2 amide bonds. The second kappa shape index (κ2) is 3.90. The highest BCUT2D eigenvalue weighted by molar-refractivity contribution is 6.29. The fourth-order valence-electron chi connectivity index (χ4n) is 0.708. The summed E-state index contributed by atoms with van der Waals surface area (Å²) in [7, 11) is 0. The maximum Gasteiger partial charge on any atom is 0.235 e. The van der Waals surface area contributed by atoms with Gasteiger partial charge in [-0.2, -0.15) is 5.10 Å². The minimum atomic E-state index is -0.695. The average Bonchev–Trinajstić information content (AvgIpc) is 2.33. The maximum atomic E-state index is 10.9. The lowest BCUT2D eigenvalue weighted by Gasteiger charge is -1.96. The van der Waals surface area contributed by atoms with Gasteiger partial charge in [0.2, 0.25) is 11.8 Å². The monoisotopic (exact) mass is 202 g/mol. The normalized spacial score (nSPS) is 9.62. The third kappa shape index (κ3) is 3.12. The van der Waals surface area contributed by atoms with Crippen LogP contribution in [0.2, 0.25) is 5.15 Å². The second-order valence-electron chi connectivity index (χ2n) is 2.29. The number of rotatable bonds is 3. The molecule has 0 saturated heterocycles. The molecule has 1 heterocycles. The van der Waals surface area contributed by atoms with Crippen LogP contribution in [0.5, 0.6) is 0 Å². The highest BCUT2D eigenvalue weighted by atomic mass is 35.5. The molecule has 0 spiro atoms. The molecular formula is C6H7ClN4O2. The molecule has 0 radical (unpaired) electrons. The van der Waals surface area contributed by atoms with Crippen molar-refractivity contribution in [2.45, 2.75) is 6.42 Å². The largest absolute Gasteiger partial charge is 0.369 e. The number of aromatic amines is 1. The number of carbonyl (C=O) groups excluding carboxylic acids is 2. The minimum Gasteiger partial charge on any atom is -0.369 e. The number of hydrogen-bond donors (Lipinski definition) is 3. The van der Waals surface area contributed by atoms with E-state index in [0.717, 1.165) is 0 Å². The molecule has 70 valence electrons. The first-order valence-corrected chi connectivity index (χ1v) is 3.75. The van der Waals surface area contributed by atoms with Crippen LogP contribution in [0.15, 0.2) is 6.07 Å². The first-order chi connectivity index (χ1) is 6.08. The quantitative estimate of drug-likeness (QED) is 0.596. The number of primary amides is 1. The Hall–Kier alpha value is -1.56. The van der Waals surface area contributed by atoms with Crippen LogP contribution in [0, 0.1) is 0 Å². The topological polar surface area (TPSA) is 101 Å². The standard InChI is InChI=1S/C6H7ClN4O2/c7-3-1-5(11-10-3)9-6(13)2-4(8)12/h1H,2H2,(H2,8,12)(H2,9,10,11,13). The zero-order chi connectivity index (χ0) is 9.84. The van der Waals surface area contributed by atoms with Crippen LogP contribution in [0.1, 0.15) is 6.42 Å². The number of halogens is 1. The van der Waals surface area contributed by atoms with Gasteiger partial charge in [0, 0.05) is 6.07 Å². The summed E-state index contributed by atoms with van der Waals surface area (Å²) in [6.45, 7) is 0. The number of amides is 2. The summed E-state index contributed by atoms with van der Waals surface area (Å²) < 4.78 is 0. The Bertz CT molecular complexity index is 335. The van der Waals surface area contributed by atoms with Gasteiger partial charge in [-0.25, -0.2) is 0 Å². The Morgan fingerprint density at radius 1 is 1.69 bits per heavy atom. The van der Waals surface area contributed by atoms with Crippen LogP contribution >= 0.6 is 11.6 Å². The summed E-state index contributed by atoms with van der Waals surface area (Å²) in [5, 5.41) is 8.66. The number of nitrogens with two attached hydrogens (primary N) is 1. The van der Waals surface area contributed by atoms with E-state index in [1.807, 2.05) is 0 Å². The van der Waals surface area contributed by atoms with E-state index in [1.54, 1.807) is 0 Å². The molecule has 4 N–H and O–H groups in total. The van der Waals surface area contributed by atoms with Gasteiger partial charge in [-0.05, 0) is 0 Å². The van der Waals surface area contributed by atoms with Crippen LogP contribution in [0.3, 0.4) is 0 Å². The molecule has 0 aliphatic heterocycles. The second-order valence-corrected chi connectivity index (χ2v) is 2.70. The van der Waals surface area contributed by atoms with Gasteiger partial charge in [0.1, 0.15) is 11.6 Å². The molecular weight excluding hydrogens is 196 g/mol. The van der Waals surface area contributed by atoms with Gasteiger partial charge >= 0.3 is 0 Å². The van der Waals surface area contributed by atoms with Crippen LogP contribution in [0.4, 0.5) is 5.82 Å². The van der Waals surface area contributed by atoms with Crippen molar-refractivity contribution in [1.82, 2.24) is 10.2 Å². The summed E-state index contributed by atoms with van der Waals surface area (Å²) >= 11 is 5.49. The SMILES string of the molecule is NC(=O)CC(=O)Nc1cc(Cl)[nH]n1. The fraction of sp³-hybridized carbons (Fsp3) is 0.167. The molecule has 0 bridgehead atoms. The Balaban J connectivity index is 2.50. The lowest BCUT2D eigenvalue weighted by Crippen LogP contribution is -2.21. The Labute approximate surface area is 78.4 Å². The molecule has 1 aromatic rings. The Kier molecular flexibility index (Phi) is 2.86. The van der Waals surface area contributed by atoms with Crippen molar-refractivity contribution in [3.8, 4) is 0 Å². The smallest absolute Gasteiger partial charge is 0.235 e. The number of carbonyl (C=O) groups is 2. The number of hydrogen-bond acceptors (Lipinski definition) is 3. The Morgan fingerprint density at radius 2 is 2.38 bits per heavy atom. The molecule has 0 atom stereocenters. The van der Waals surface area contributed by atoms with E-state index in [4.69, 9.17) is 17.3 Å². The van der Waals surface area contributed by atoms with Crippen LogP contribution < -0.4 is 11.1 Å². The molecule has 6 nitrogen and oxygen atoms in total. The van der Waals surface area contributed by atoms with Gasteiger partial charge in [-0.1, -0.05) is 11.6 Å². The highest BCUT2D eigenvalue weighted by Gasteiger charge is 2.07. The van der Waals surface area contributed by atoms with E-state index < -0.39 is 11.8 Å². The summed E-state index contributed by atoms with van der Waals surface area (Å²) in [5.41, 5.74) is 4.80. The third-order valence-corrected chi connectivity index (χ3v) is 1.34. The van der Waals surface area contributed by atoms with Gasteiger partial charge in [-0.15, -0.1) is 0 Å². The lowest BCUT2D eigenvalue weighted by molar-refractivity contribution is -0.124. The van der Waals surface area contributed by atoms with Crippen molar-refractivity contribution in [1.29, 1.82) is 0 Å². The van der Waals surface area contributed by atoms with Crippen molar-refractivity contribution in [2.75, 3.05) is 5.32 Å². The highest BCUT2D eigenvalue weighted by Crippen LogP contribution is 2.09. The van der Waals surface area contributed by atoms with E-state index in [9.17, 15) is 9.59 Å². The van der Waals surface area contributed by atoms with E-state index in [-0.39, 0.29) is 12.2 Å². The molecule has 0 aliphatic carbocycles. The number of aromatic nitrogens is 2. The van der Waals surface area contributed by atoms with Crippen LogP contribution in [-0.4, -0.2) is 22.0 Å². The zero-order valence-electron chi connectivity index (χ0n) is 6.50. The van der Waals surface area contributed by atoms with E-state index in [2.05, 4.69) is 15.5 Å². The third-order valence-electron chi connectivity index (χ3n) is 1.15. The number of H-pyrrole nitrogens is 1. The van der Waals surface area contributed by atoms with E-state index in [0.29, 0.717) is 5.15 Å². The number of anilines is 1. The van der Waals surface area contributed by atoms with E-state index >= 15 is 0 Å². The van der Waals surface area contributed by atoms with Gasteiger partial charge in [-0.3, -0.25) is 14.7 Å². The van der Waals surface area contributed by atoms with Gasteiger partial charge in [0.25, 0.3) is 0 Å². The van der Waals surface area contributed by atoms with Crippen LogP contribution in [0.25, 0.3) is 0 Å². The minimum absolute atomic E-state index is 0.260. The molecule has 0 aromatic carbocycles. The Morgan fingerprint density at radius 3 is 2.85 bits per heavy atom. The molecule has 7 heteroatoms. The first-order valence-electron chi connectivity index (χ1n) is 3.37. The molecule has 0 unspecified atom stereocenters. The molecule has 0 fully saturated rings. The van der Waals surface area contributed by atoms with Crippen molar-refractivity contribution >= 4 is 29.2 Å². The molecule has 1 aromatic heterocycles. The summed E-state index contributed by atoms with van der Waals surface area (Å²) in [6, 6.07) is 1.42. The van der Waals surface area contributed by atoms with Crippen molar-refractivity contribution in [2.24, 2.45) is 5.73 Å². The lowest BCUT2D eigenvalue weighted by atomic mass is 10.4. The van der Waals surface area contributed by atoms with Gasteiger partial charge < -0.3 is 11.1 Å². The molecule has 0 aliphatic rings. The summed E-state index contributed by atoms with van der Waals surface area (Å²) in [4.78, 5) is 21.2. The predicted octanol–water partition coefficient (Wildman–Crippen LogP) is -0.123. The van der Waals surface area contributed by atoms with E-state index in [1.165, 1.54) is 6.07 Å². The van der Waals surface area contributed by atoms with Crippen molar-refractivity contribution < 1.29 is 9.59 Å². The maximum absolute atomic E-state index is 10.9. The van der Waals surface area contributed by atoms with Crippen LogP contribution in [-0.2, 0) is 9.59 Å². The van der Waals surface area contributed by atoms with Crippen molar-refractivity contribution in [3.63, 3.8) is 0 Å². The van der Waals surface area contributed by atoms with Gasteiger partial charge in [0.05, 0.1) is 0 Å². The predicted molar refractivity (Wildman–Crippen MR) is 46.0 cm³/mol. The van der Waals surface area contributed by atoms with Gasteiger partial charge in [0.15, 0.2) is 5.82 Å². The number of nitrogens with one attached hydrogen (secondary N) is 2. The van der Waals surface area contributed by atoms with Crippen molar-refractivity contribution in [3.05, 3.63) is 11.2 Å². The molecule has 0 saturated carbocycles. The average molecular weight is 203 g/mol. The first kappa shape index (κ1) is 9.53. The fourth-order valence-corrected chi connectivity index (χ4v) is 0.853. The molecule has 13 heavy (non-hydrogen) atoms. The number of nitrogens with zero attached hydrogens (tertiary/aromatic N) is 1.